The van der Waals surface area contributed by atoms with E-state index < -0.39 is 0 Å². The van der Waals surface area contributed by atoms with E-state index in [1.807, 2.05) is 24.3 Å². The summed E-state index contributed by atoms with van der Waals surface area (Å²) in [5, 5.41) is 0.445. The summed E-state index contributed by atoms with van der Waals surface area (Å²) in [6, 6.07) is 14.6. The van der Waals surface area contributed by atoms with Crippen LogP contribution in [0, 0.1) is 0 Å². The van der Waals surface area contributed by atoms with E-state index in [2.05, 4.69) is 0 Å². The summed E-state index contributed by atoms with van der Waals surface area (Å²) in [6.07, 6.45) is 0.856. The largest absolute Gasteiger partial charge is 0.485 e. The Morgan fingerprint density at radius 1 is 1.10 bits per heavy atom. The third-order valence-electron chi connectivity index (χ3n) is 3.06. The third kappa shape index (κ3) is 4.59. The van der Waals surface area contributed by atoms with Gasteiger partial charge in [-0.05, 0) is 36.2 Å². The van der Waals surface area contributed by atoms with Gasteiger partial charge in [0, 0.05) is 12.7 Å². The molecule has 0 aromatic heterocycles. The van der Waals surface area contributed by atoms with Gasteiger partial charge in [-0.3, -0.25) is 4.79 Å². The van der Waals surface area contributed by atoms with E-state index >= 15 is 0 Å². The monoisotopic (exact) mass is 304 g/mol. The van der Waals surface area contributed by atoms with Gasteiger partial charge in [-0.2, -0.15) is 0 Å². The van der Waals surface area contributed by atoms with E-state index in [4.69, 9.17) is 21.1 Å². The summed E-state index contributed by atoms with van der Waals surface area (Å²) >= 11 is 5.98. The van der Waals surface area contributed by atoms with Gasteiger partial charge in [0.05, 0.1) is 11.6 Å². The number of carbonyl (C=O) groups excluding carboxylic acids is 1. The van der Waals surface area contributed by atoms with E-state index in [1.54, 1.807) is 31.4 Å². The minimum absolute atomic E-state index is 0.0266. The first kappa shape index (κ1) is 15.5. The van der Waals surface area contributed by atoms with Gasteiger partial charge in [-0.15, -0.1) is 0 Å². The molecule has 21 heavy (non-hydrogen) atoms. The molecule has 0 aliphatic rings. The topological polar surface area (TPSA) is 35.5 Å². The quantitative estimate of drug-likeness (QED) is 0.730. The van der Waals surface area contributed by atoms with Crippen LogP contribution in [0.5, 0.6) is 5.75 Å². The molecule has 0 aliphatic heterocycles. The number of methoxy groups -OCH3 is 1. The van der Waals surface area contributed by atoms with E-state index in [0.29, 0.717) is 22.9 Å². The van der Waals surface area contributed by atoms with Gasteiger partial charge in [-0.1, -0.05) is 35.9 Å². The molecule has 0 saturated carbocycles. The molecule has 0 radical (unpaired) electrons. The van der Waals surface area contributed by atoms with E-state index in [-0.39, 0.29) is 12.4 Å². The average Bonchev–Trinajstić information content (AvgIpc) is 2.52. The molecular weight excluding hydrogens is 288 g/mol. The molecule has 110 valence electrons. The molecule has 0 amide bonds. The Morgan fingerprint density at radius 3 is 2.48 bits per heavy atom. The van der Waals surface area contributed by atoms with Crippen molar-refractivity contribution in [2.45, 2.75) is 6.42 Å². The molecule has 0 bridgehead atoms. The van der Waals surface area contributed by atoms with Gasteiger partial charge in [0.15, 0.2) is 6.61 Å². The van der Waals surface area contributed by atoms with Crippen LogP contribution in [0.3, 0.4) is 0 Å². The molecular formula is C17H17ClO3. The van der Waals surface area contributed by atoms with Crippen LogP contribution in [-0.2, 0) is 11.2 Å². The number of carbonyl (C=O) groups is 1. The number of ketones is 1. The molecule has 0 saturated heterocycles. The van der Waals surface area contributed by atoms with Crippen molar-refractivity contribution in [2.24, 2.45) is 0 Å². The molecule has 4 heteroatoms. The molecule has 3 nitrogen and oxygen atoms in total. The predicted octanol–water partition coefficient (Wildman–Crippen LogP) is 3.79. The molecule has 0 aliphatic carbocycles. The summed E-state index contributed by atoms with van der Waals surface area (Å²) in [7, 11) is 1.68. The maximum Gasteiger partial charge on any atom is 0.201 e. The van der Waals surface area contributed by atoms with Gasteiger partial charge in [0.1, 0.15) is 5.75 Å². The van der Waals surface area contributed by atoms with E-state index in [1.165, 1.54) is 5.56 Å². The molecule has 0 fully saturated rings. The lowest BCUT2D eigenvalue weighted by Gasteiger charge is -2.07. The van der Waals surface area contributed by atoms with Gasteiger partial charge in [0.2, 0.25) is 5.78 Å². The van der Waals surface area contributed by atoms with Crippen LogP contribution in [0.2, 0.25) is 5.02 Å². The highest BCUT2D eigenvalue weighted by atomic mass is 35.5. The van der Waals surface area contributed by atoms with E-state index in [0.717, 1.165) is 6.42 Å². The van der Waals surface area contributed by atoms with Crippen LogP contribution < -0.4 is 4.74 Å². The molecule has 2 aromatic carbocycles. The lowest BCUT2D eigenvalue weighted by molar-refractivity contribution is 0.0921. The summed E-state index contributed by atoms with van der Waals surface area (Å²) in [5.41, 5.74) is 1.65. The van der Waals surface area contributed by atoms with Crippen LogP contribution in [0.1, 0.15) is 15.9 Å². The number of hydrogen-bond acceptors (Lipinski definition) is 3. The third-order valence-corrected chi connectivity index (χ3v) is 3.39. The maximum absolute atomic E-state index is 12.0. The first-order chi connectivity index (χ1) is 10.2. The van der Waals surface area contributed by atoms with Crippen molar-refractivity contribution >= 4 is 17.4 Å². The fourth-order valence-corrected chi connectivity index (χ4v) is 2.13. The Kier molecular flexibility index (Phi) is 5.78. The van der Waals surface area contributed by atoms with Gasteiger partial charge in [0.25, 0.3) is 0 Å². The van der Waals surface area contributed by atoms with Crippen molar-refractivity contribution < 1.29 is 14.3 Å². The van der Waals surface area contributed by atoms with Crippen LogP contribution in [0.25, 0.3) is 0 Å². The zero-order chi connectivity index (χ0) is 15.1. The Hall–Kier alpha value is -1.84. The molecule has 0 unspecified atom stereocenters. The average molecular weight is 305 g/mol. The molecule has 0 N–H and O–H groups in total. The van der Waals surface area contributed by atoms with Crippen LogP contribution in [-0.4, -0.2) is 26.1 Å². The number of halogens is 1. The molecule has 0 heterocycles. The van der Waals surface area contributed by atoms with Crippen LogP contribution >= 0.6 is 11.6 Å². The Labute approximate surface area is 129 Å². The second-order valence-corrected chi connectivity index (χ2v) is 4.99. The lowest BCUT2D eigenvalue weighted by Crippen LogP contribution is -2.12. The predicted molar refractivity (Wildman–Crippen MR) is 83.3 cm³/mol. The van der Waals surface area contributed by atoms with Crippen molar-refractivity contribution in [3.63, 3.8) is 0 Å². The Bertz CT molecular complexity index is 593. The summed E-state index contributed by atoms with van der Waals surface area (Å²) < 4.78 is 10.5. The standard InChI is InChI=1S/C17H17ClO3/c1-20-11-10-13-6-8-14(9-7-13)21-12-17(19)15-4-2-3-5-16(15)18/h2-9H,10-12H2,1H3. The number of rotatable bonds is 7. The smallest absolute Gasteiger partial charge is 0.201 e. The SMILES string of the molecule is COCCc1ccc(OCC(=O)c2ccccc2Cl)cc1. The fraction of sp³-hybridized carbons (Fsp3) is 0.235. The zero-order valence-electron chi connectivity index (χ0n) is 11.8. The van der Waals surface area contributed by atoms with Crippen molar-refractivity contribution in [2.75, 3.05) is 20.3 Å². The van der Waals surface area contributed by atoms with Crippen molar-refractivity contribution in [3.8, 4) is 5.75 Å². The molecule has 0 spiro atoms. The maximum atomic E-state index is 12.0. The van der Waals surface area contributed by atoms with Crippen molar-refractivity contribution in [1.29, 1.82) is 0 Å². The normalized spacial score (nSPS) is 10.4. The highest BCUT2D eigenvalue weighted by Crippen LogP contribution is 2.17. The lowest BCUT2D eigenvalue weighted by atomic mass is 10.1. The first-order valence-corrected chi connectivity index (χ1v) is 7.07. The number of hydrogen-bond donors (Lipinski definition) is 0. The zero-order valence-corrected chi connectivity index (χ0v) is 12.6. The highest BCUT2D eigenvalue weighted by Gasteiger charge is 2.10. The summed E-state index contributed by atoms with van der Waals surface area (Å²) in [6.45, 7) is 0.659. The number of ether oxygens (including phenoxy) is 2. The van der Waals surface area contributed by atoms with Gasteiger partial charge in [-0.25, -0.2) is 0 Å². The minimum atomic E-state index is -0.135. The number of Topliss-reactive ketones (excluding diaryl/α,β-unsaturated/α-hetero) is 1. The van der Waals surface area contributed by atoms with Crippen LogP contribution in [0.4, 0.5) is 0 Å². The van der Waals surface area contributed by atoms with Crippen molar-refractivity contribution in [1.82, 2.24) is 0 Å². The fourth-order valence-electron chi connectivity index (χ4n) is 1.89. The van der Waals surface area contributed by atoms with Crippen LogP contribution in [0.15, 0.2) is 48.5 Å². The highest BCUT2D eigenvalue weighted by molar-refractivity contribution is 6.34. The second kappa shape index (κ2) is 7.81. The minimum Gasteiger partial charge on any atom is -0.485 e. The summed E-state index contributed by atoms with van der Waals surface area (Å²) in [5.74, 6) is 0.528. The Morgan fingerprint density at radius 2 is 1.81 bits per heavy atom. The van der Waals surface area contributed by atoms with Crippen molar-refractivity contribution in [3.05, 3.63) is 64.7 Å². The second-order valence-electron chi connectivity index (χ2n) is 4.58. The Balaban J connectivity index is 1.91. The van der Waals surface area contributed by atoms with Gasteiger partial charge < -0.3 is 9.47 Å². The molecule has 0 atom stereocenters. The first-order valence-electron chi connectivity index (χ1n) is 6.69. The van der Waals surface area contributed by atoms with Gasteiger partial charge >= 0.3 is 0 Å². The van der Waals surface area contributed by atoms with E-state index in [9.17, 15) is 4.79 Å². The molecule has 2 aromatic rings. The summed E-state index contributed by atoms with van der Waals surface area (Å²) in [4.78, 5) is 12.0. The number of benzene rings is 2. The molecule has 2 rings (SSSR count).